The molecule has 3 unspecified atom stereocenters. The van der Waals surface area contributed by atoms with E-state index >= 15 is 0 Å². The third kappa shape index (κ3) is 2.33. The van der Waals surface area contributed by atoms with Crippen LogP contribution in [0.3, 0.4) is 0 Å². The molecule has 2 fully saturated rings. The summed E-state index contributed by atoms with van der Waals surface area (Å²) in [5.74, 6) is 1.73. The Morgan fingerprint density at radius 1 is 1.35 bits per heavy atom. The van der Waals surface area contributed by atoms with E-state index in [0.29, 0.717) is 23.3 Å². The third-order valence-corrected chi connectivity index (χ3v) is 4.55. The number of amides is 2. The average Bonchev–Trinajstić information content (AvgIpc) is 3.02. The number of fused-ring (bicyclic) bond motifs is 1. The van der Waals surface area contributed by atoms with E-state index in [2.05, 4.69) is 5.32 Å². The van der Waals surface area contributed by atoms with Gasteiger partial charge in [-0.05, 0) is 36.8 Å². The van der Waals surface area contributed by atoms with Crippen LogP contribution < -0.4 is 15.8 Å². The van der Waals surface area contributed by atoms with Gasteiger partial charge in [0.1, 0.15) is 5.75 Å². The standard InChI is InChI=1S/C15H21N3O2/c1-20-14-5-3-2-4-13(14)17-15(19)18-8-10-6-7-12(16)11(10)9-18/h2-5,10-12H,6-9,16H2,1H3,(H,17,19). The quantitative estimate of drug-likeness (QED) is 0.866. The van der Waals surface area contributed by atoms with Gasteiger partial charge in [-0.2, -0.15) is 0 Å². The SMILES string of the molecule is COc1ccccc1NC(=O)N1CC2CCC(N)C2C1. The van der Waals surface area contributed by atoms with E-state index in [9.17, 15) is 4.79 Å². The molecule has 5 nitrogen and oxygen atoms in total. The maximum atomic E-state index is 12.3. The van der Waals surface area contributed by atoms with E-state index in [4.69, 9.17) is 10.5 Å². The molecule has 1 aromatic rings. The number of nitrogens with zero attached hydrogens (tertiary/aromatic N) is 1. The van der Waals surface area contributed by atoms with Crippen molar-refractivity contribution in [2.75, 3.05) is 25.5 Å². The molecule has 108 valence electrons. The highest BCUT2D eigenvalue weighted by atomic mass is 16.5. The zero-order chi connectivity index (χ0) is 14.1. The second-order valence-electron chi connectivity index (χ2n) is 5.70. The van der Waals surface area contributed by atoms with Crippen molar-refractivity contribution in [1.29, 1.82) is 0 Å². The molecule has 3 N–H and O–H groups in total. The molecule has 1 saturated heterocycles. The number of nitrogens with one attached hydrogen (secondary N) is 1. The minimum atomic E-state index is -0.0592. The van der Waals surface area contributed by atoms with Gasteiger partial charge >= 0.3 is 6.03 Å². The second kappa shape index (κ2) is 5.32. The number of hydrogen-bond acceptors (Lipinski definition) is 3. The van der Waals surface area contributed by atoms with Gasteiger partial charge in [-0.25, -0.2) is 4.79 Å². The van der Waals surface area contributed by atoms with E-state index in [1.165, 1.54) is 0 Å². The van der Waals surface area contributed by atoms with Crippen molar-refractivity contribution in [1.82, 2.24) is 4.90 Å². The normalized spacial score (nSPS) is 28.3. The molecule has 0 radical (unpaired) electrons. The van der Waals surface area contributed by atoms with Gasteiger partial charge in [0.2, 0.25) is 0 Å². The first-order valence-electron chi connectivity index (χ1n) is 7.13. The Hall–Kier alpha value is -1.75. The van der Waals surface area contributed by atoms with Crippen LogP contribution in [0.1, 0.15) is 12.8 Å². The first-order chi connectivity index (χ1) is 9.69. The molecule has 0 bridgehead atoms. The van der Waals surface area contributed by atoms with Crippen molar-refractivity contribution in [3.05, 3.63) is 24.3 Å². The Kier molecular flexibility index (Phi) is 3.53. The van der Waals surface area contributed by atoms with Crippen LogP contribution in [-0.2, 0) is 0 Å². The topological polar surface area (TPSA) is 67.6 Å². The van der Waals surface area contributed by atoms with Crippen LogP contribution in [0.2, 0.25) is 0 Å². The summed E-state index contributed by atoms with van der Waals surface area (Å²) in [5, 5.41) is 2.93. The van der Waals surface area contributed by atoms with E-state index < -0.39 is 0 Å². The lowest BCUT2D eigenvalue weighted by Crippen LogP contribution is -2.36. The van der Waals surface area contributed by atoms with Crippen LogP contribution in [0.15, 0.2) is 24.3 Å². The number of carbonyl (C=O) groups excluding carboxylic acids is 1. The number of likely N-dealkylation sites (tertiary alicyclic amines) is 1. The van der Waals surface area contributed by atoms with Crippen LogP contribution in [0.5, 0.6) is 5.75 Å². The lowest BCUT2D eigenvalue weighted by atomic mass is 9.98. The summed E-state index contributed by atoms with van der Waals surface area (Å²) in [6.07, 6.45) is 2.24. The lowest BCUT2D eigenvalue weighted by Gasteiger charge is -2.20. The summed E-state index contributed by atoms with van der Waals surface area (Å²) in [6.45, 7) is 1.59. The largest absolute Gasteiger partial charge is 0.495 e. The molecule has 1 aromatic carbocycles. The minimum Gasteiger partial charge on any atom is -0.495 e. The maximum absolute atomic E-state index is 12.3. The van der Waals surface area contributed by atoms with Gasteiger partial charge in [0.25, 0.3) is 0 Å². The Bertz CT molecular complexity index is 506. The van der Waals surface area contributed by atoms with E-state index in [0.717, 1.165) is 25.9 Å². The summed E-state index contributed by atoms with van der Waals surface area (Å²) in [4.78, 5) is 14.2. The van der Waals surface area contributed by atoms with Crippen molar-refractivity contribution in [3.8, 4) is 5.75 Å². The van der Waals surface area contributed by atoms with Gasteiger partial charge in [0.05, 0.1) is 12.8 Å². The van der Waals surface area contributed by atoms with Gasteiger partial charge in [-0.15, -0.1) is 0 Å². The molecular weight excluding hydrogens is 254 g/mol. The number of urea groups is 1. The molecule has 2 amide bonds. The minimum absolute atomic E-state index is 0.0592. The summed E-state index contributed by atoms with van der Waals surface area (Å²) >= 11 is 0. The predicted octanol–water partition coefficient (Wildman–Crippen LogP) is 1.90. The number of ether oxygens (including phenoxy) is 1. The van der Waals surface area contributed by atoms with Crippen LogP contribution in [0.4, 0.5) is 10.5 Å². The molecule has 1 aliphatic carbocycles. The number of nitrogens with two attached hydrogens (primary N) is 1. The molecule has 20 heavy (non-hydrogen) atoms. The van der Waals surface area contributed by atoms with Crippen LogP contribution in [0.25, 0.3) is 0 Å². The summed E-state index contributed by atoms with van der Waals surface area (Å²) < 4.78 is 5.25. The Labute approximate surface area is 119 Å². The highest BCUT2D eigenvalue weighted by Crippen LogP contribution is 2.37. The van der Waals surface area contributed by atoms with Crippen LogP contribution >= 0.6 is 0 Å². The third-order valence-electron chi connectivity index (χ3n) is 4.55. The Balaban J connectivity index is 1.66. The van der Waals surface area contributed by atoms with Crippen molar-refractivity contribution in [3.63, 3.8) is 0 Å². The number of benzene rings is 1. The maximum Gasteiger partial charge on any atom is 0.321 e. The number of hydrogen-bond donors (Lipinski definition) is 2. The average molecular weight is 275 g/mol. The highest BCUT2D eigenvalue weighted by molar-refractivity contribution is 5.91. The molecule has 0 spiro atoms. The molecule has 2 aliphatic rings. The van der Waals surface area contributed by atoms with Gasteiger partial charge in [0, 0.05) is 19.1 Å². The van der Waals surface area contributed by atoms with E-state index in [1.54, 1.807) is 7.11 Å². The van der Waals surface area contributed by atoms with Crippen molar-refractivity contribution < 1.29 is 9.53 Å². The number of anilines is 1. The molecular formula is C15H21N3O2. The van der Waals surface area contributed by atoms with Gasteiger partial charge < -0.3 is 20.7 Å². The van der Waals surface area contributed by atoms with E-state index in [1.807, 2.05) is 29.2 Å². The molecule has 3 rings (SSSR count). The fraction of sp³-hybridized carbons (Fsp3) is 0.533. The van der Waals surface area contributed by atoms with Crippen LogP contribution in [0, 0.1) is 11.8 Å². The first kappa shape index (κ1) is 13.2. The molecule has 0 aromatic heterocycles. The zero-order valence-electron chi connectivity index (χ0n) is 11.7. The molecule has 1 saturated carbocycles. The fourth-order valence-electron chi connectivity index (χ4n) is 3.42. The monoisotopic (exact) mass is 275 g/mol. The molecule has 1 aliphatic heterocycles. The molecule has 3 atom stereocenters. The van der Waals surface area contributed by atoms with Gasteiger partial charge in [0.15, 0.2) is 0 Å². The second-order valence-corrected chi connectivity index (χ2v) is 5.70. The number of para-hydroxylation sites is 2. The van der Waals surface area contributed by atoms with Crippen molar-refractivity contribution in [2.45, 2.75) is 18.9 Å². The lowest BCUT2D eigenvalue weighted by molar-refractivity contribution is 0.218. The van der Waals surface area contributed by atoms with E-state index in [-0.39, 0.29) is 12.1 Å². The van der Waals surface area contributed by atoms with Crippen molar-refractivity contribution >= 4 is 11.7 Å². The summed E-state index contributed by atoms with van der Waals surface area (Å²) in [5.41, 5.74) is 6.81. The van der Waals surface area contributed by atoms with Gasteiger partial charge in [-0.3, -0.25) is 0 Å². The van der Waals surface area contributed by atoms with Crippen molar-refractivity contribution in [2.24, 2.45) is 17.6 Å². The predicted molar refractivity (Wildman–Crippen MR) is 77.8 cm³/mol. The molecule has 1 heterocycles. The Morgan fingerprint density at radius 3 is 2.90 bits per heavy atom. The van der Waals surface area contributed by atoms with Gasteiger partial charge in [-0.1, -0.05) is 12.1 Å². The smallest absolute Gasteiger partial charge is 0.321 e. The summed E-state index contributed by atoms with van der Waals surface area (Å²) in [7, 11) is 1.60. The Morgan fingerprint density at radius 2 is 2.15 bits per heavy atom. The zero-order valence-corrected chi connectivity index (χ0v) is 11.7. The summed E-state index contributed by atoms with van der Waals surface area (Å²) in [6, 6.07) is 7.64. The number of carbonyl (C=O) groups is 1. The number of rotatable bonds is 2. The fourth-order valence-corrected chi connectivity index (χ4v) is 3.42. The molecule has 5 heteroatoms. The highest BCUT2D eigenvalue weighted by Gasteiger charge is 2.42. The van der Waals surface area contributed by atoms with Crippen LogP contribution in [-0.4, -0.2) is 37.2 Å². The number of methoxy groups -OCH3 is 1. The first-order valence-corrected chi connectivity index (χ1v) is 7.13.